The van der Waals surface area contributed by atoms with E-state index in [1.807, 2.05) is 0 Å². The summed E-state index contributed by atoms with van der Waals surface area (Å²) < 4.78 is 43.3. The fourth-order valence-electron chi connectivity index (χ4n) is 1.38. The van der Waals surface area contributed by atoms with E-state index in [4.69, 9.17) is 5.26 Å². The van der Waals surface area contributed by atoms with Crippen molar-refractivity contribution in [2.75, 3.05) is 6.61 Å². The Labute approximate surface area is 101 Å². The molecule has 0 aliphatic heterocycles. The van der Waals surface area contributed by atoms with E-state index in [1.165, 1.54) is 6.07 Å². The Morgan fingerprint density at radius 1 is 1.61 bits per heavy atom. The molecule has 0 N–H and O–H groups in total. The lowest BCUT2D eigenvalue weighted by molar-refractivity contribution is -0.142. The summed E-state index contributed by atoms with van der Waals surface area (Å²) in [6.45, 7) is 1.65. The van der Waals surface area contributed by atoms with Crippen molar-refractivity contribution in [1.82, 2.24) is 4.98 Å². The van der Waals surface area contributed by atoms with Gasteiger partial charge in [-0.25, -0.2) is 13.2 Å². The molecule has 96 valence electrons. The number of rotatable bonds is 4. The van der Waals surface area contributed by atoms with Gasteiger partial charge in [-0.15, -0.1) is 0 Å². The number of hydrogen-bond acceptors (Lipinski definition) is 4. The molecule has 0 aliphatic rings. The van der Waals surface area contributed by atoms with Gasteiger partial charge in [0.25, 0.3) is 6.43 Å². The maximum absolute atomic E-state index is 13.1. The molecule has 0 saturated carbocycles. The first kappa shape index (κ1) is 14.0. The van der Waals surface area contributed by atoms with Crippen LogP contribution in [0.4, 0.5) is 13.2 Å². The number of carbonyl (C=O) groups excluding carboxylic acids is 1. The summed E-state index contributed by atoms with van der Waals surface area (Å²) >= 11 is 0. The van der Waals surface area contributed by atoms with E-state index < -0.39 is 35.8 Å². The number of alkyl halides is 2. The molecule has 0 unspecified atom stereocenters. The molecule has 4 nitrogen and oxygen atoms in total. The first-order chi connectivity index (χ1) is 8.51. The van der Waals surface area contributed by atoms with Crippen LogP contribution in [0.25, 0.3) is 0 Å². The smallest absolute Gasteiger partial charge is 0.311 e. The predicted octanol–water partition coefficient (Wildman–Crippen LogP) is 2.14. The van der Waals surface area contributed by atoms with Gasteiger partial charge in [-0.05, 0) is 6.92 Å². The van der Waals surface area contributed by atoms with Crippen LogP contribution in [0.15, 0.2) is 6.20 Å². The van der Waals surface area contributed by atoms with Crippen LogP contribution in [0.1, 0.15) is 30.2 Å². The fourth-order valence-corrected chi connectivity index (χ4v) is 1.38. The molecule has 0 spiro atoms. The van der Waals surface area contributed by atoms with Crippen LogP contribution >= 0.6 is 0 Å². The molecule has 18 heavy (non-hydrogen) atoms. The second-order valence-corrected chi connectivity index (χ2v) is 3.24. The van der Waals surface area contributed by atoms with Crippen LogP contribution < -0.4 is 0 Å². The fraction of sp³-hybridized carbons (Fsp3) is 0.364. The van der Waals surface area contributed by atoms with Crippen molar-refractivity contribution in [3.05, 3.63) is 28.8 Å². The zero-order valence-corrected chi connectivity index (χ0v) is 9.41. The zero-order chi connectivity index (χ0) is 13.7. The Bertz CT molecular complexity index is 498. The number of carbonyl (C=O) groups is 1. The number of nitrogens with zero attached hydrogens (tertiary/aromatic N) is 2. The first-order valence-corrected chi connectivity index (χ1v) is 5.02. The van der Waals surface area contributed by atoms with Gasteiger partial charge in [0.05, 0.1) is 30.5 Å². The van der Waals surface area contributed by atoms with Crippen molar-refractivity contribution in [3.8, 4) is 6.07 Å². The van der Waals surface area contributed by atoms with Gasteiger partial charge < -0.3 is 4.74 Å². The second kappa shape index (κ2) is 6.00. The topological polar surface area (TPSA) is 63.0 Å². The minimum absolute atomic E-state index is 0.0924. The van der Waals surface area contributed by atoms with E-state index in [9.17, 15) is 18.0 Å². The van der Waals surface area contributed by atoms with Crippen LogP contribution in [-0.2, 0) is 16.0 Å². The van der Waals surface area contributed by atoms with Crippen molar-refractivity contribution >= 4 is 5.97 Å². The summed E-state index contributed by atoms with van der Waals surface area (Å²) in [5.74, 6) is -1.90. The van der Waals surface area contributed by atoms with Crippen LogP contribution in [-0.4, -0.2) is 17.6 Å². The molecule has 0 bridgehead atoms. The van der Waals surface area contributed by atoms with Gasteiger partial charge in [0.15, 0.2) is 5.82 Å². The Balaban J connectivity index is 3.20. The third-order valence-electron chi connectivity index (χ3n) is 2.10. The Morgan fingerprint density at radius 3 is 2.78 bits per heavy atom. The monoisotopic (exact) mass is 258 g/mol. The van der Waals surface area contributed by atoms with Crippen molar-refractivity contribution in [1.29, 1.82) is 5.26 Å². The molecule has 0 amide bonds. The highest BCUT2D eigenvalue weighted by atomic mass is 19.3. The first-order valence-electron chi connectivity index (χ1n) is 5.02. The summed E-state index contributed by atoms with van der Waals surface area (Å²) in [5.41, 5.74) is -1.99. The molecule has 1 rings (SSSR count). The number of esters is 1. The van der Waals surface area contributed by atoms with E-state index in [0.29, 0.717) is 6.20 Å². The maximum atomic E-state index is 13.1. The van der Waals surface area contributed by atoms with Gasteiger partial charge in [0.1, 0.15) is 11.6 Å². The number of pyridine rings is 1. The molecule has 1 heterocycles. The Kier molecular flexibility index (Phi) is 4.66. The van der Waals surface area contributed by atoms with Crippen LogP contribution in [0.5, 0.6) is 0 Å². The minimum atomic E-state index is -3.09. The van der Waals surface area contributed by atoms with Crippen molar-refractivity contribution < 1.29 is 22.7 Å². The van der Waals surface area contributed by atoms with Gasteiger partial charge in [-0.1, -0.05) is 0 Å². The molecule has 0 aliphatic carbocycles. The third-order valence-corrected chi connectivity index (χ3v) is 2.10. The lowest BCUT2D eigenvalue weighted by Crippen LogP contribution is -2.13. The molecule has 1 aromatic rings. The standard InChI is InChI=1S/C11H9F3N2O2/c1-2-18-9(17)3-8-10(11(13)14)6(4-15)7(12)5-16-8/h5,11H,2-3H2,1H3. The number of hydrogen-bond donors (Lipinski definition) is 0. The van der Waals surface area contributed by atoms with Gasteiger partial charge >= 0.3 is 5.97 Å². The molecule has 0 aromatic carbocycles. The van der Waals surface area contributed by atoms with E-state index in [1.54, 1.807) is 6.92 Å². The summed E-state index contributed by atoms with van der Waals surface area (Å²) in [5, 5.41) is 8.64. The van der Waals surface area contributed by atoms with Crippen molar-refractivity contribution in [2.24, 2.45) is 0 Å². The number of ether oxygens (including phenoxy) is 1. The van der Waals surface area contributed by atoms with E-state index in [2.05, 4.69) is 9.72 Å². The van der Waals surface area contributed by atoms with Crippen LogP contribution in [0.3, 0.4) is 0 Å². The molecule has 0 saturated heterocycles. The van der Waals surface area contributed by atoms with Crippen molar-refractivity contribution in [2.45, 2.75) is 19.8 Å². The van der Waals surface area contributed by atoms with Crippen molar-refractivity contribution in [3.63, 3.8) is 0 Å². The molecule has 0 radical (unpaired) electrons. The van der Waals surface area contributed by atoms with Crippen LogP contribution in [0, 0.1) is 17.1 Å². The summed E-state index contributed by atoms with van der Waals surface area (Å²) in [6.07, 6.45) is -2.98. The van der Waals surface area contributed by atoms with E-state index in [-0.39, 0.29) is 12.3 Å². The highest BCUT2D eigenvalue weighted by Crippen LogP contribution is 2.27. The second-order valence-electron chi connectivity index (χ2n) is 3.24. The molecule has 0 atom stereocenters. The largest absolute Gasteiger partial charge is 0.466 e. The summed E-state index contributed by atoms with van der Waals surface area (Å²) in [4.78, 5) is 14.6. The lowest BCUT2D eigenvalue weighted by Gasteiger charge is -2.09. The SMILES string of the molecule is CCOC(=O)Cc1ncc(F)c(C#N)c1C(F)F. The normalized spacial score (nSPS) is 10.2. The molecule has 0 fully saturated rings. The van der Waals surface area contributed by atoms with Gasteiger partial charge in [-0.3, -0.25) is 9.78 Å². The summed E-state index contributed by atoms with van der Waals surface area (Å²) in [7, 11) is 0. The van der Waals surface area contributed by atoms with Gasteiger partial charge in [0.2, 0.25) is 0 Å². The molecular formula is C11H9F3N2O2. The quantitative estimate of drug-likeness (QED) is 0.776. The molecule has 1 aromatic heterocycles. The Hall–Kier alpha value is -2.10. The zero-order valence-electron chi connectivity index (χ0n) is 9.41. The molecule has 7 heteroatoms. The number of nitriles is 1. The maximum Gasteiger partial charge on any atom is 0.311 e. The van der Waals surface area contributed by atoms with E-state index >= 15 is 0 Å². The van der Waals surface area contributed by atoms with E-state index in [0.717, 1.165) is 0 Å². The van der Waals surface area contributed by atoms with Gasteiger partial charge in [-0.2, -0.15) is 5.26 Å². The Morgan fingerprint density at radius 2 is 2.28 bits per heavy atom. The predicted molar refractivity (Wildman–Crippen MR) is 54.2 cm³/mol. The average Bonchev–Trinajstić information content (AvgIpc) is 2.30. The number of halogens is 3. The lowest BCUT2D eigenvalue weighted by atomic mass is 10.1. The minimum Gasteiger partial charge on any atom is -0.466 e. The third kappa shape index (κ3) is 2.97. The molecular weight excluding hydrogens is 249 g/mol. The highest BCUT2D eigenvalue weighted by molar-refractivity contribution is 5.72. The average molecular weight is 258 g/mol. The highest BCUT2D eigenvalue weighted by Gasteiger charge is 2.24. The van der Waals surface area contributed by atoms with Gasteiger partial charge in [0, 0.05) is 0 Å². The number of aromatic nitrogens is 1. The summed E-state index contributed by atoms with van der Waals surface area (Å²) in [6, 6.07) is 1.34. The van der Waals surface area contributed by atoms with Crippen LogP contribution in [0.2, 0.25) is 0 Å².